The van der Waals surface area contributed by atoms with Crippen molar-refractivity contribution in [2.75, 3.05) is 25.3 Å². The highest BCUT2D eigenvalue weighted by atomic mass is 35.5. The van der Waals surface area contributed by atoms with E-state index in [9.17, 15) is 4.79 Å². The molecule has 3 aromatic rings. The predicted molar refractivity (Wildman–Crippen MR) is 104 cm³/mol. The number of hydrogen-bond acceptors (Lipinski definition) is 7. The highest BCUT2D eigenvalue weighted by molar-refractivity contribution is 6.31. The van der Waals surface area contributed by atoms with Crippen molar-refractivity contribution in [3.63, 3.8) is 0 Å². The molecule has 1 fully saturated rings. The maximum atomic E-state index is 12.6. The van der Waals surface area contributed by atoms with Gasteiger partial charge >= 0.3 is 0 Å². The highest BCUT2D eigenvalue weighted by Crippen LogP contribution is 2.39. The molecule has 0 radical (unpaired) electrons. The Morgan fingerprint density at radius 3 is 2.90 bits per heavy atom. The van der Waals surface area contributed by atoms with Crippen LogP contribution in [0, 0.1) is 0 Å². The third-order valence-electron chi connectivity index (χ3n) is 4.98. The molecule has 1 amide bonds. The number of nitrogens with zero attached hydrogens (tertiary/aromatic N) is 3. The normalized spacial score (nSPS) is 17.8. The lowest BCUT2D eigenvalue weighted by atomic mass is 10.1. The molecule has 1 saturated heterocycles. The summed E-state index contributed by atoms with van der Waals surface area (Å²) in [7, 11) is 1.56. The fourth-order valence-electron chi connectivity index (χ4n) is 3.53. The first-order valence-corrected chi connectivity index (χ1v) is 9.37. The second-order valence-electron chi connectivity index (χ2n) is 6.75. The highest BCUT2D eigenvalue weighted by Gasteiger charge is 2.36. The maximum Gasteiger partial charge on any atom is 0.232 e. The second-order valence-corrected chi connectivity index (χ2v) is 7.18. The fraction of sp³-hybridized carbons (Fsp3) is 0.250. The average Bonchev–Trinajstić information content (AvgIpc) is 3.46. The van der Waals surface area contributed by atoms with Crippen LogP contribution in [0.2, 0.25) is 5.02 Å². The number of carbonyl (C=O) groups excluding carboxylic acids is 1. The first kappa shape index (κ1) is 17.8. The van der Waals surface area contributed by atoms with Gasteiger partial charge < -0.3 is 23.6 Å². The van der Waals surface area contributed by atoms with E-state index in [2.05, 4.69) is 10.1 Å². The van der Waals surface area contributed by atoms with Crippen LogP contribution >= 0.6 is 11.6 Å². The van der Waals surface area contributed by atoms with Crippen molar-refractivity contribution in [1.82, 2.24) is 10.1 Å². The number of amides is 1. The number of benzene rings is 2. The van der Waals surface area contributed by atoms with Gasteiger partial charge in [0.2, 0.25) is 24.4 Å². The Morgan fingerprint density at radius 2 is 2.03 bits per heavy atom. The van der Waals surface area contributed by atoms with E-state index in [1.54, 1.807) is 42.3 Å². The summed E-state index contributed by atoms with van der Waals surface area (Å²) < 4.78 is 21.6. The molecule has 2 aromatic carbocycles. The smallest absolute Gasteiger partial charge is 0.232 e. The van der Waals surface area contributed by atoms with Crippen molar-refractivity contribution in [2.24, 2.45) is 0 Å². The van der Waals surface area contributed by atoms with Crippen LogP contribution in [0.1, 0.15) is 18.2 Å². The maximum absolute atomic E-state index is 12.6. The second kappa shape index (κ2) is 6.97. The summed E-state index contributed by atoms with van der Waals surface area (Å²) in [6.45, 7) is 0.599. The Bertz CT molecular complexity index is 1100. The zero-order chi connectivity index (χ0) is 20.0. The van der Waals surface area contributed by atoms with Crippen molar-refractivity contribution in [3.05, 3.63) is 47.3 Å². The number of ether oxygens (including phenoxy) is 3. The molecule has 0 saturated carbocycles. The van der Waals surface area contributed by atoms with Crippen LogP contribution in [0.3, 0.4) is 0 Å². The minimum Gasteiger partial charge on any atom is -0.495 e. The van der Waals surface area contributed by atoms with Gasteiger partial charge in [0.1, 0.15) is 5.75 Å². The number of hydrogen-bond donors (Lipinski definition) is 0. The zero-order valence-corrected chi connectivity index (χ0v) is 16.2. The van der Waals surface area contributed by atoms with Crippen LogP contribution in [-0.4, -0.2) is 36.5 Å². The van der Waals surface area contributed by atoms with Crippen molar-refractivity contribution in [3.8, 4) is 28.6 Å². The van der Waals surface area contributed by atoms with Crippen molar-refractivity contribution < 1.29 is 23.5 Å². The molecule has 0 spiro atoms. The summed E-state index contributed by atoms with van der Waals surface area (Å²) in [5.41, 5.74) is 1.38. The zero-order valence-electron chi connectivity index (χ0n) is 15.4. The van der Waals surface area contributed by atoms with Crippen LogP contribution in [0.15, 0.2) is 40.9 Å². The Morgan fingerprint density at radius 1 is 1.17 bits per heavy atom. The van der Waals surface area contributed by atoms with Crippen molar-refractivity contribution >= 4 is 23.2 Å². The topological polar surface area (TPSA) is 86.9 Å². The third kappa shape index (κ3) is 3.15. The van der Waals surface area contributed by atoms with Crippen LogP contribution in [0.5, 0.6) is 17.2 Å². The number of fused-ring (bicyclic) bond motifs is 1. The summed E-state index contributed by atoms with van der Waals surface area (Å²) >= 11 is 6.11. The molecule has 0 unspecified atom stereocenters. The molecular weight excluding hydrogens is 398 g/mol. The first-order valence-electron chi connectivity index (χ1n) is 9.00. The number of halogens is 1. The van der Waals surface area contributed by atoms with E-state index in [4.69, 9.17) is 30.3 Å². The van der Waals surface area contributed by atoms with E-state index in [0.29, 0.717) is 46.2 Å². The molecule has 0 bridgehead atoms. The van der Waals surface area contributed by atoms with E-state index in [1.807, 2.05) is 6.07 Å². The van der Waals surface area contributed by atoms with E-state index in [1.165, 1.54) is 0 Å². The van der Waals surface area contributed by atoms with E-state index < -0.39 is 0 Å². The van der Waals surface area contributed by atoms with Gasteiger partial charge in [-0.1, -0.05) is 16.8 Å². The Hall–Kier alpha value is -3.26. The molecule has 29 heavy (non-hydrogen) atoms. The van der Waals surface area contributed by atoms with Crippen molar-refractivity contribution in [2.45, 2.75) is 12.3 Å². The van der Waals surface area contributed by atoms with Gasteiger partial charge in [-0.15, -0.1) is 0 Å². The van der Waals surface area contributed by atoms with Gasteiger partial charge in [-0.25, -0.2) is 0 Å². The number of carbonyl (C=O) groups is 1. The van der Waals surface area contributed by atoms with Gasteiger partial charge in [0.15, 0.2) is 11.5 Å². The van der Waals surface area contributed by atoms with Gasteiger partial charge in [-0.2, -0.15) is 4.98 Å². The van der Waals surface area contributed by atoms with Gasteiger partial charge in [0.25, 0.3) is 0 Å². The van der Waals surface area contributed by atoms with Gasteiger partial charge in [-0.3, -0.25) is 4.79 Å². The third-order valence-corrected chi connectivity index (χ3v) is 5.21. The standard InChI is InChI=1S/C20H16ClN3O5/c1-26-15-5-3-13(21)8-14(15)24-9-12(7-18(24)25)20-22-19(23-29-20)11-2-4-16-17(6-11)28-10-27-16/h2-6,8,12H,7,9-10H2,1H3/t12-/m1/s1. The minimum atomic E-state index is -0.221. The van der Waals surface area contributed by atoms with Gasteiger partial charge in [0.05, 0.1) is 18.7 Å². The number of rotatable bonds is 4. The average molecular weight is 414 g/mol. The molecule has 9 heteroatoms. The lowest BCUT2D eigenvalue weighted by Crippen LogP contribution is -2.24. The molecule has 2 aliphatic rings. The Balaban J connectivity index is 1.39. The summed E-state index contributed by atoms with van der Waals surface area (Å²) in [6, 6.07) is 10.6. The molecule has 0 N–H and O–H groups in total. The molecule has 8 nitrogen and oxygen atoms in total. The summed E-state index contributed by atoms with van der Waals surface area (Å²) in [5.74, 6) is 2.47. The lowest BCUT2D eigenvalue weighted by Gasteiger charge is -2.19. The number of aromatic nitrogens is 2. The molecule has 1 atom stereocenters. The number of methoxy groups -OCH3 is 1. The van der Waals surface area contributed by atoms with Crippen LogP contribution in [0.4, 0.5) is 5.69 Å². The summed E-state index contributed by atoms with van der Waals surface area (Å²) in [6.07, 6.45) is 0.262. The Kier molecular flexibility index (Phi) is 4.28. The van der Waals surface area contributed by atoms with E-state index in [-0.39, 0.29) is 25.0 Å². The summed E-state index contributed by atoms with van der Waals surface area (Å²) in [4.78, 5) is 18.8. The molecule has 1 aromatic heterocycles. The van der Waals surface area contributed by atoms with E-state index >= 15 is 0 Å². The van der Waals surface area contributed by atoms with Crippen LogP contribution < -0.4 is 19.1 Å². The summed E-state index contributed by atoms with van der Waals surface area (Å²) in [5, 5.41) is 4.60. The van der Waals surface area contributed by atoms with Crippen molar-refractivity contribution in [1.29, 1.82) is 0 Å². The predicted octanol–water partition coefficient (Wildman–Crippen LogP) is 3.65. The van der Waals surface area contributed by atoms with Crippen LogP contribution in [0.25, 0.3) is 11.4 Å². The van der Waals surface area contributed by atoms with Gasteiger partial charge in [0, 0.05) is 23.6 Å². The minimum absolute atomic E-state index is 0.0570. The Labute approximate surface area is 170 Å². The molecular formula is C20H16ClN3O5. The number of anilines is 1. The molecule has 0 aliphatic carbocycles. The van der Waals surface area contributed by atoms with E-state index in [0.717, 1.165) is 5.56 Å². The quantitative estimate of drug-likeness (QED) is 0.645. The molecule has 148 valence electrons. The fourth-order valence-corrected chi connectivity index (χ4v) is 3.70. The van der Waals surface area contributed by atoms with Crippen LogP contribution in [-0.2, 0) is 4.79 Å². The van der Waals surface area contributed by atoms with Gasteiger partial charge in [-0.05, 0) is 36.4 Å². The molecule has 5 rings (SSSR count). The monoisotopic (exact) mass is 413 g/mol. The SMILES string of the molecule is COc1ccc(Cl)cc1N1C[C@H](c2nc(-c3ccc4c(c3)OCO4)no2)CC1=O. The molecule has 3 heterocycles. The molecule has 2 aliphatic heterocycles. The first-order chi connectivity index (χ1) is 14.1. The largest absolute Gasteiger partial charge is 0.495 e. The lowest BCUT2D eigenvalue weighted by molar-refractivity contribution is -0.117.